The summed E-state index contributed by atoms with van der Waals surface area (Å²) in [6, 6.07) is 1.21. The highest BCUT2D eigenvalue weighted by atomic mass is 32.2. The quantitative estimate of drug-likeness (QED) is 0.257. The lowest BCUT2D eigenvalue weighted by Crippen LogP contribution is -2.51. The zero-order valence-corrected chi connectivity index (χ0v) is 20.0. The van der Waals surface area contributed by atoms with Gasteiger partial charge in [0.15, 0.2) is 5.95 Å². The van der Waals surface area contributed by atoms with E-state index < -0.39 is 40.5 Å². The van der Waals surface area contributed by atoms with Crippen molar-refractivity contribution in [1.29, 1.82) is 0 Å². The SMILES string of the molecule is Cc1cc(C)c(S(=O)(=O)NC(CNC(=O)C2CC(CCNc3ncc[nH]3)ON2)C(=O)O)c(C)c1. The van der Waals surface area contributed by atoms with E-state index in [0.29, 0.717) is 36.5 Å². The maximum Gasteiger partial charge on any atom is 0.323 e. The molecule has 3 rings (SSSR count). The lowest BCUT2D eigenvalue weighted by Gasteiger charge is -2.19. The smallest absolute Gasteiger partial charge is 0.323 e. The van der Waals surface area contributed by atoms with E-state index >= 15 is 0 Å². The molecule has 1 saturated heterocycles. The van der Waals surface area contributed by atoms with Crippen LogP contribution in [0, 0.1) is 20.8 Å². The Hall–Kier alpha value is -3.00. The first-order valence-electron chi connectivity index (χ1n) is 10.8. The number of nitrogens with one attached hydrogen (secondary N) is 5. The number of amides is 1. The summed E-state index contributed by atoms with van der Waals surface area (Å²) in [5.41, 5.74) is 4.57. The second-order valence-corrected chi connectivity index (χ2v) is 9.94. The molecule has 12 nitrogen and oxygen atoms in total. The molecule has 2 aromatic rings. The van der Waals surface area contributed by atoms with Gasteiger partial charge in [0, 0.05) is 31.9 Å². The van der Waals surface area contributed by atoms with Gasteiger partial charge in [-0.1, -0.05) is 17.7 Å². The fourth-order valence-corrected chi connectivity index (χ4v) is 5.57. The van der Waals surface area contributed by atoms with Gasteiger partial charge in [-0.3, -0.25) is 14.4 Å². The number of nitrogens with zero attached hydrogens (tertiary/aromatic N) is 1. The number of hydrogen-bond acceptors (Lipinski definition) is 8. The molecule has 1 fully saturated rings. The fourth-order valence-electron chi connectivity index (χ4n) is 3.93. The number of hydrogen-bond donors (Lipinski definition) is 6. The number of sulfonamides is 1. The average molecular weight is 495 g/mol. The Labute approximate surface area is 197 Å². The van der Waals surface area contributed by atoms with Gasteiger partial charge in [-0.05, 0) is 38.3 Å². The van der Waals surface area contributed by atoms with Crippen molar-refractivity contribution in [3.05, 3.63) is 41.2 Å². The topological polar surface area (TPSA) is 175 Å². The number of aromatic nitrogens is 2. The number of carbonyl (C=O) groups is 2. The maximum absolute atomic E-state index is 12.9. The zero-order chi connectivity index (χ0) is 24.9. The van der Waals surface area contributed by atoms with Gasteiger partial charge in [-0.25, -0.2) is 13.4 Å². The molecule has 1 aromatic heterocycles. The highest BCUT2D eigenvalue weighted by Crippen LogP contribution is 2.22. The van der Waals surface area contributed by atoms with Crippen molar-refractivity contribution in [2.75, 3.05) is 18.4 Å². The standard InChI is InChI=1S/C21H30N6O6S/c1-12-8-13(2)18(14(3)9-12)34(31,32)27-17(20(29)30)11-25-19(28)16-10-15(33-26-16)4-5-22-21-23-6-7-24-21/h6-9,15-17,26-27H,4-5,10-11H2,1-3H3,(H,25,28)(H,29,30)(H2,22,23,24). The Kier molecular flexibility index (Phi) is 8.25. The monoisotopic (exact) mass is 494 g/mol. The number of carboxylic acids is 1. The molecule has 13 heteroatoms. The average Bonchev–Trinajstić information content (AvgIpc) is 3.42. The molecular formula is C21H30N6O6S. The first-order chi connectivity index (χ1) is 16.1. The van der Waals surface area contributed by atoms with Crippen LogP contribution in [0.4, 0.5) is 5.95 Å². The molecule has 0 saturated carbocycles. The van der Waals surface area contributed by atoms with E-state index in [9.17, 15) is 23.1 Å². The molecule has 3 unspecified atom stereocenters. The Balaban J connectivity index is 1.52. The number of aliphatic carboxylic acids is 1. The maximum atomic E-state index is 12.9. The van der Waals surface area contributed by atoms with E-state index in [1.54, 1.807) is 38.4 Å². The van der Waals surface area contributed by atoms with E-state index in [1.165, 1.54) is 0 Å². The van der Waals surface area contributed by atoms with Crippen molar-refractivity contribution < 1.29 is 28.0 Å². The molecule has 34 heavy (non-hydrogen) atoms. The van der Waals surface area contributed by atoms with Gasteiger partial charge in [0.2, 0.25) is 15.9 Å². The van der Waals surface area contributed by atoms with Gasteiger partial charge in [-0.2, -0.15) is 10.2 Å². The molecule has 0 bridgehead atoms. The molecule has 3 atom stereocenters. The Morgan fingerprint density at radius 3 is 2.59 bits per heavy atom. The first-order valence-corrected chi connectivity index (χ1v) is 12.3. The zero-order valence-electron chi connectivity index (χ0n) is 19.2. The molecule has 186 valence electrons. The Bertz CT molecular complexity index is 1100. The Morgan fingerprint density at radius 2 is 1.97 bits per heavy atom. The second kappa shape index (κ2) is 11.0. The van der Waals surface area contributed by atoms with Gasteiger partial charge in [-0.15, -0.1) is 0 Å². The summed E-state index contributed by atoms with van der Waals surface area (Å²) in [7, 11) is -4.12. The predicted molar refractivity (Wildman–Crippen MR) is 124 cm³/mol. The summed E-state index contributed by atoms with van der Waals surface area (Å²) >= 11 is 0. The molecule has 2 heterocycles. The fraction of sp³-hybridized carbons (Fsp3) is 0.476. The van der Waals surface area contributed by atoms with E-state index in [4.69, 9.17) is 4.84 Å². The molecule has 1 amide bonds. The molecular weight excluding hydrogens is 464 g/mol. The summed E-state index contributed by atoms with van der Waals surface area (Å²) in [6.45, 7) is 5.31. The number of carbonyl (C=O) groups excluding carboxylic acids is 1. The third kappa shape index (κ3) is 6.53. The summed E-state index contributed by atoms with van der Waals surface area (Å²) in [5.74, 6) is -1.24. The minimum absolute atomic E-state index is 0.0348. The molecule has 0 spiro atoms. The predicted octanol–water partition coefficient (Wildman–Crippen LogP) is 0.347. The van der Waals surface area contributed by atoms with Crippen molar-refractivity contribution in [3.8, 4) is 0 Å². The van der Waals surface area contributed by atoms with E-state index in [-0.39, 0.29) is 11.0 Å². The highest BCUT2D eigenvalue weighted by Gasteiger charge is 2.33. The number of imidazole rings is 1. The Morgan fingerprint density at radius 1 is 1.26 bits per heavy atom. The van der Waals surface area contributed by atoms with Gasteiger partial charge in [0.25, 0.3) is 0 Å². The molecule has 1 aliphatic heterocycles. The molecule has 6 N–H and O–H groups in total. The summed E-state index contributed by atoms with van der Waals surface area (Å²) in [5, 5.41) is 15.1. The number of H-pyrrole nitrogens is 1. The number of rotatable bonds is 11. The molecule has 1 aromatic carbocycles. The number of carboxylic acid groups (broad SMARTS) is 1. The third-order valence-corrected chi connectivity index (χ3v) is 7.17. The van der Waals surface area contributed by atoms with Crippen LogP contribution in [0.25, 0.3) is 0 Å². The number of aryl methyl sites for hydroxylation is 3. The van der Waals surface area contributed by atoms with Crippen LogP contribution in [0.5, 0.6) is 0 Å². The van der Waals surface area contributed by atoms with Crippen LogP contribution < -0.4 is 20.8 Å². The minimum atomic E-state index is -4.12. The van der Waals surface area contributed by atoms with Gasteiger partial charge in [0.05, 0.1) is 11.0 Å². The first kappa shape index (κ1) is 25.6. The van der Waals surface area contributed by atoms with Crippen molar-refractivity contribution in [2.45, 2.75) is 56.7 Å². The van der Waals surface area contributed by atoms with E-state index in [0.717, 1.165) is 5.56 Å². The van der Waals surface area contributed by atoms with Crippen molar-refractivity contribution in [2.24, 2.45) is 0 Å². The summed E-state index contributed by atoms with van der Waals surface area (Å²) in [4.78, 5) is 36.6. The highest BCUT2D eigenvalue weighted by molar-refractivity contribution is 7.89. The second-order valence-electron chi connectivity index (χ2n) is 8.28. The number of aromatic amines is 1. The van der Waals surface area contributed by atoms with Crippen LogP contribution in [-0.2, 0) is 24.4 Å². The van der Waals surface area contributed by atoms with Crippen LogP contribution in [0.1, 0.15) is 29.5 Å². The van der Waals surface area contributed by atoms with Crippen LogP contribution in [0.3, 0.4) is 0 Å². The van der Waals surface area contributed by atoms with Crippen molar-refractivity contribution in [1.82, 2.24) is 25.5 Å². The third-order valence-electron chi connectivity index (χ3n) is 5.40. The number of benzene rings is 1. The van der Waals surface area contributed by atoms with Gasteiger partial charge >= 0.3 is 5.97 Å². The lowest BCUT2D eigenvalue weighted by atomic mass is 10.1. The van der Waals surface area contributed by atoms with Crippen LogP contribution in [-0.4, -0.2) is 66.6 Å². The van der Waals surface area contributed by atoms with Gasteiger partial charge in [0.1, 0.15) is 12.1 Å². The van der Waals surface area contributed by atoms with Crippen LogP contribution >= 0.6 is 0 Å². The van der Waals surface area contributed by atoms with Gasteiger partial charge < -0.3 is 20.7 Å². The van der Waals surface area contributed by atoms with Crippen molar-refractivity contribution in [3.63, 3.8) is 0 Å². The van der Waals surface area contributed by atoms with Crippen LogP contribution in [0.2, 0.25) is 0 Å². The number of hydroxylamine groups is 1. The largest absolute Gasteiger partial charge is 0.480 e. The molecule has 1 aliphatic rings. The lowest BCUT2D eigenvalue weighted by molar-refractivity contribution is -0.139. The normalized spacial score (nSPS) is 19.0. The van der Waals surface area contributed by atoms with Crippen molar-refractivity contribution >= 4 is 27.8 Å². The number of anilines is 1. The van der Waals surface area contributed by atoms with E-state index in [2.05, 4.69) is 30.8 Å². The summed E-state index contributed by atoms with van der Waals surface area (Å²) in [6.07, 6.45) is 4.11. The van der Waals surface area contributed by atoms with E-state index in [1.807, 2.05) is 6.92 Å². The van der Waals surface area contributed by atoms with Crippen LogP contribution in [0.15, 0.2) is 29.4 Å². The minimum Gasteiger partial charge on any atom is -0.480 e. The molecule has 0 aliphatic carbocycles. The summed E-state index contributed by atoms with van der Waals surface area (Å²) < 4.78 is 28.0. The molecule has 0 radical (unpaired) electrons.